The van der Waals surface area contributed by atoms with Crippen LogP contribution < -0.4 is 0 Å². The maximum absolute atomic E-state index is 14.1. The van der Waals surface area contributed by atoms with E-state index in [1.807, 2.05) is 30.3 Å². The molecule has 7 rings (SSSR count). The number of unbranched alkanes of at least 4 members (excludes halogenated alkanes) is 10. The normalized spacial score (nSPS) is 13.4. The number of carbonyl (C=O) groups is 2. The zero-order valence-corrected chi connectivity index (χ0v) is 32.8. The van der Waals surface area contributed by atoms with Crippen LogP contribution in [0.15, 0.2) is 91.0 Å². The van der Waals surface area contributed by atoms with Crippen molar-refractivity contribution < 1.29 is 14.7 Å². The molecule has 0 fully saturated rings. The van der Waals surface area contributed by atoms with Crippen molar-refractivity contribution in [2.75, 3.05) is 0 Å². The van der Waals surface area contributed by atoms with Crippen LogP contribution in [-0.2, 0) is 5.41 Å². The summed E-state index contributed by atoms with van der Waals surface area (Å²) in [5.41, 5.74) is 15.3. The SMILES string of the molecule is CCCCCCCCC1(CCCCCCCC)c2cc(C)ccc2-c2ccc(-c3ccc4c(c3)C(=O)c3cc(-c5ccc(C)c(C(=O)O)c5)ccc3-4)cc21. The number of hydrogen-bond donors (Lipinski definition) is 1. The van der Waals surface area contributed by atoms with Crippen LogP contribution in [0.1, 0.15) is 152 Å². The highest BCUT2D eigenvalue weighted by Gasteiger charge is 2.42. The molecule has 0 aromatic heterocycles. The number of ketones is 1. The average molecular weight is 717 g/mol. The van der Waals surface area contributed by atoms with Crippen molar-refractivity contribution >= 4 is 11.8 Å². The van der Waals surface area contributed by atoms with E-state index in [1.54, 1.807) is 13.0 Å². The minimum absolute atomic E-state index is 0.00211. The van der Waals surface area contributed by atoms with Crippen molar-refractivity contribution in [2.45, 2.75) is 123 Å². The van der Waals surface area contributed by atoms with E-state index in [1.165, 1.54) is 123 Å². The molecule has 0 saturated heterocycles. The molecule has 0 atom stereocenters. The molecule has 0 amide bonds. The minimum Gasteiger partial charge on any atom is -0.478 e. The smallest absolute Gasteiger partial charge is 0.335 e. The van der Waals surface area contributed by atoms with Gasteiger partial charge >= 0.3 is 5.97 Å². The number of hydrogen-bond acceptors (Lipinski definition) is 2. The first-order valence-corrected chi connectivity index (χ1v) is 20.7. The van der Waals surface area contributed by atoms with Crippen molar-refractivity contribution in [3.8, 4) is 44.5 Å². The molecule has 0 bridgehead atoms. The van der Waals surface area contributed by atoms with Gasteiger partial charge in [0.1, 0.15) is 0 Å². The molecule has 0 heterocycles. The van der Waals surface area contributed by atoms with Crippen LogP contribution >= 0.6 is 0 Å². The second-order valence-electron chi connectivity index (χ2n) is 16.1. The van der Waals surface area contributed by atoms with Crippen LogP contribution in [0.3, 0.4) is 0 Å². The lowest BCUT2D eigenvalue weighted by Crippen LogP contribution is -2.25. The van der Waals surface area contributed by atoms with Gasteiger partial charge in [-0.25, -0.2) is 4.79 Å². The van der Waals surface area contributed by atoms with Crippen LogP contribution in [0.25, 0.3) is 44.5 Å². The first kappa shape index (κ1) is 37.6. The van der Waals surface area contributed by atoms with E-state index in [0.29, 0.717) is 5.56 Å². The Morgan fingerprint density at radius 2 is 0.944 bits per heavy atom. The predicted molar refractivity (Wildman–Crippen MR) is 225 cm³/mol. The number of carboxylic acid groups (broad SMARTS) is 1. The number of aromatic carboxylic acids is 1. The molecule has 1 N–H and O–H groups in total. The summed E-state index contributed by atoms with van der Waals surface area (Å²) in [5.74, 6) is -0.919. The Bertz CT molecular complexity index is 2170. The van der Waals surface area contributed by atoms with Gasteiger partial charge in [-0.15, -0.1) is 0 Å². The number of fused-ring (bicyclic) bond motifs is 6. The predicted octanol–water partition coefficient (Wildman–Crippen LogP) is 14.3. The monoisotopic (exact) mass is 716 g/mol. The molecular weight excluding hydrogens is 661 g/mol. The topological polar surface area (TPSA) is 54.4 Å². The van der Waals surface area contributed by atoms with Crippen molar-refractivity contribution in [2.24, 2.45) is 0 Å². The molecule has 5 aromatic carbocycles. The molecule has 3 heteroatoms. The van der Waals surface area contributed by atoms with E-state index < -0.39 is 5.97 Å². The van der Waals surface area contributed by atoms with Crippen LogP contribution in [0.2, 0.25) is 0 Å². The van der Waals surface area contributed by atoms with E-state index >= 15 is 0 Å². The van der Waals surface area contributed by atoms with E-state index in [-0.39, 0.29) is 16.8 Å². The van der Waals surface area contributed by atoms with E-state index in [2.05, 4.69) is 75.4 Å². The summed E-state index contributed by atoms with van der Waals surface area (Å²) in [7, 11) is 0. The van der Waals surface area contributed by atoms with Crippen molar-refractivity contribution in [3.05, 3.63) is 130 Å². The van der Waals surface area contributed by atoms with Crippen LogP contribution in [0.5, 0.6) is 0 Å². The van der Waals surface area contributed by atoms with Gasteiger partial charge < -0.3 is 5.11 Å². The van der Waals surface area contributed by atoms with Gasteiger partial charge in [-0.1, -0.05) is 163 Å². The summed E-state index contributed by atoms with van der Waals surface area (Å²) in [6.45, 7) is 8.63. The summed E-state index contributed by atoms with van der Waals surface area (Å²) < 4.78 is 0. The molecule has 5 aromatic rings. The Hall–Kier alpha value is -4.76. The number of benzene rings is 5. The highest BCUT2D eigenvalue weighted by molar-refractivity contribution is 6.22. The quantitative estimate of drug-likeness (QED) is 0.0956. The van der Waals surface area contributed by atoms with Gasteiger partial charge in [-0.2, -0.15) is 0 Å². The molecule has 2 aliphatic rings. The minimum atomic E-state index is -0.945. The molecule has 0 aliphatic heterocycles. The fraction of sp³-hybridized carbons (Fsp3) is 0.373. The first-order valence-electron chi connectivity index (χ1n) is 20.7. The summed E-state index contributed by atoms with van der Waals surface area (Å²) in [6, 6.07) is 32.0. The molecule has 0 unspecified atom stereocenters. The van der Waals surface area contributed by atoms with E-state index in [0.717, 1.165) is 38.9 Å². The van der Waals surface area contributed by atoms with Gasteiger partial charge in [-0.3, -0.25) is 4.79 Å². The van der Waals surface area contributed by atoms with Crippen LogP contribution in [0, 0.1) is 13.8 Å². The number of aryl methyl sites for hydroxylation is 2. The lowest BCUT2D eigenvalue weighted by atomic mass is 9.70. The Labute approximate surface area is 322 Å². The molecule has 0 spiro atoms. The summed E-state index contributed by atoms with van der Waals surface area (Å²) in [5, 5.41) is 9.70. The Morgan fingerprint density at radius 3 is 1.50 bits per heavy atom. The lowest BCUT2D eigenvalue weighted by Gasteiger charge is -2.33. The fourth-order valence-corrected chi connectivity index (χ4v) is 9.34. The lowest BCUT2D eigenvalue weighted by molar-refractivity contribution is 0.0696. The van der Waals surface area contributed by atoms with Gasteiger partial charge in [0.15, 0.2) is 5.78 Å². The standard InChI is InChI=1S/C51H56O3/c1-5-7-9-11-13-15-27-51(28-16-14-12-10-8-6-2)47-29-34(3)17-23-42(47)43-26-22-39(33-48(43)51)38-21-25-41-40-24-20-37(31-45(40)49(52)46(41)32-38)36-19-18-35(4)44(30-36)50(53)54/h17-26,29-33H,5-16,27-28H2,1-4H3,(H,53,54). The Morgan fingerprint density at radius 1 is 0.500 bits per heavy atom. The molecule has 2 aliphatic carbocycles. The number of rotatable bonds is 17. The van der Waals surface area contributed by atoms with Crippen LogP contribution in [0.4, 0.5) is 0 Å². The second-order valence-corrected chi connectivity index (χ2v) is 16.1. The zero-order chi connectivity index (χ0) is 37.8. The van der Waals surface area contributed by atoms with Crippen molar-refractivity contribution in [3.63, 3.8) is 0 Å². The number of carbonyl (C=O) groups excluding carboxylic acids is 1. The third-order valence-corrected chi connectivity index (χ3v) is 12.4. The largest absolute Gasteiger partial charge is 0.478 e. The van der Waals surface area contributed by atoms with Crippen molar-refractivity contribution in [1.82, 2.24) is 0 Å². The molecule has 0 radical (unpaired) electrons. The zero-order valence-electron chi connectivity index (χ0n) is 32.8. The maximum atomic E-state index is 14.1. The highest BCUT2D eigenvalue weighted by Crippen LogP contribution is 2.55. The molecule has 278 valence electrons. The summed E-state index contributed by atoms with van der Waals surface area (Å²) in [6.07, 6.45) is 17.9. The van der Waals surface area contributed by atoms with Crippen LogP contribution in [-0.4, -0.2) is 16.9 Å². The third-order valence-electron chi connectivity index (χ3n) is 12.4. The maximum Gasteiger partial charge on any atom is 0.335 e. The van der Waals surface area contributed by atoms with Gasteiger partial charge in [-0.05, 0) is 112 Å². The second kappa shape index (κ2) is 16.3. The highest BCUT2D eigenvalue weighted by atomic mass is 16.4. The van der Waals surface area contributed by atoms with E-state index in [4.69, 9.17) is 0 Å². The van der Waals surface area contributed by atoms with Gasteiger partial charge in [0, 0.05) is 16.5 Å². The molecule has 54 heavy (non-hydrogen) atoms. The van der Waals surface area contributed by atoms with Gasteiger partial charge in [0.2, 0.25) is 0 Å². The molecule has 0 saturated carbocycles. The Balaban J connectivity index is 1.22. The summed E-state index contributed by atoms with van der Waals surface area (Å²) in [4.78, 5) is 25.9. The first-order chi connectivity index (χ1) is 26.3. The van der Waals surface area contributed by atoms with Crippen molar-refractivity contribution in [1.29, 1.82) is 0 Å². The van der Waals surface area contributed by atoms with Gasteiger partial charge in [0.05, 0.1) is 5.56 Å². The van der Waals surface area contributed by atoms with E-state index in [9.17, 15) is 14.7 Å². The Kier molecular flexibility index (Phi) is 11.3. The summed E-state index contributed by atoms with van der Waals surface area (Å²) >= 11 is 0. The van der Waals surface area contributed by atoms with Gasteiger partial charge in [0.25, 0.3) is 0 Å². The number of carboxylic acids is 1. The average Bonchev–Trinajstić information content (AvgIpc) is 3.61. The molecular formula is C51H56O3. The third kappa shape index (κ3) is 7.22. The molecule has 3 nitrogen and oxygen atoms in total. The fourth-order valence-electron chi connectivity index (χ4n) is 9.34.